The number of amides is 1. The normalized spacial score (nSPS) is 24.9. The summed E-state index contributed by atoms with van der Waals surface area (Å²) < 4.78 is 0. The average Bonchev–Trinajstić information content (AvgIpc) is 2.81. The van der Waals surface area contributed by atoms with Gasteiger partial charge in [-0.05, 0) is 11.3 Å². The molecular formula is C12H17N3O3. The Bertz CT molecular complexity index is 434. The molecule has 98 valence electrons. The molecule has 18 heavy (non-hydrogen) atoms. The molecule has 6 nitrogen and oxygen atoms in total. The first-order valence-electron chi connectivity index (χ1n) is 5.70. The van der Waals surface area contributed by atoms with Crippen molar-refractivity contribution in [2.45, 2.75) is 27.2 Å². The van der Waals surface area contributed by atoms with E-state index in [0.29, 0.717) is 6.42 Å². The van der Waals surface area contributed by atoms with Gasteiger partial charge in [-0.2, -0.15) is 5.26 Å². The fourth-order valence-corrected chi connectivity index (χ4v) is 2.24. The lowest BCUT2D eigenvalue weighted by molar-refractivity contribution is -0.111. The van der Waals surface area contributed by atoms with Crippen molar-refractivity contribution < 1.29 is 14.4 Å². The molecule has 0 bridgehead atoms. The molecule has 1 fully saturated rings. The molecule has 0 spiro atoms. The van der Waals surface area contributed by atoms with Gasteiger partial charge in [-0.15, -0.1) is 0 Å². The molecule has 1 aliphatic rings. The zero-order valence-electron chi connectivity index (χ0n) is 11.0. The van der Waals surface area contributed by atoms with Gasteiger partial charge >= 0.3 is 6.09 Å². The summed E-state index contributed by atoms with van der Waals surface area (Å²) in [6, 6.07) is 2.10. The van der Waals surface area contributed by atoms with Gasteiger partial charge in [-0.25, -0.2) is 4.79 Å². The van der Waals surface area contributed by atoms with Gasteiger partial charge in [0.25, 0.3) is 0 Å². The molecular weight excluding hydrogens is 234 g/mol. The Morgan fingerprint density at radius 1 is 1.50 bits per heavy atom. The Balaban J connectivity index is 2.86. The van der Waals surface area contributed by atoms with E-state index in [0.717, 1.165) is 0 Å². The Hall–Kier alpha value is -1.90. The number of carbonyl (C=O) groups is 2. The quantitative estimate of drug-likeness (QED) is 0.465. The third kappa shape index (κ3) is 2.67. The maximum atomic E-state index is 11.5. The number of hydrogen-bond donors (Lipinski definition) is 1. The van der Waals surface area contributed by atoms with Crippen LogP contribution < -0.4 is 5.32 Å². The summed E-state index contributed by atoms with van der Waals surface area (Å²) in [4.78, 5) is 27.1. The van der Waals surface area contributed by atoms with E-state index in [-0.39, 0.29) is 28.7 Å². The van der Waals surface area contributed by atoms with Crippen LogP contribution in [0.3, 0.4) is 0 Å². The lowest BCUT2D eigenvalue weighted by atomic mass is 10.0. The van der Waals surface area contributed by atoms with E-state index in [4.69, 9.17) is 5.26 Å². The summed E-state index contributed by atoms with van der Waals surface area (Å²) >= 11 is 0. The molecule has 6 heteroatoms. The highest BCUT2D eigenvalue weighted by Crippen LogP contribution is 2.60. The standard InChI is InChI=1S/C12H17N3O3/c1-7(16)10(15-18-11(17)14-4)9-8(5-6-13)12(9,2)3/h8-9H,5H2,1-4H3,(H,14,17)/b15-10-/t8-,9+/m0/s1. The van der Waals surface area contributed by atoms with Crippen molar-refractivity contribution in [1.29, 1.82) is 5.26 Å². The van der Waals surface area contributed by atoms with E-state index in [9.17, 15) is 9.59 Å². The predicted molar refractivity (Wildman–Crippen MR) is 64.6 cm³/mol. The molecule has 2 atom stereocenters. The van der Waals surface area contributed by atoms with Gasteiger partial charge in [-0.1, -0.05) is 19.0 Å². The number of nitriles is 1. The van der Waals surface area contributed by atoms with Crippen molar-refractivity contribution in [3.8, 4) is 6.07 Å². The van der Waals surface area contributed by atoms with Crippen LogP contribution in [0.4, 0.5) is 4.79 Å². The Morgan fingerprint density at radius 2 is 2.11 bits per heavy atom. The third-order valence-electron chi connectivity index (χ3n) is 3.45. The van der Waals surface area contributed by atoms with Gasteiger partial charge < -0.3 is 5.32 Å². The summed E-state index contributed by atoms with van der Waals surface area (Å²) in [5.74, 6) is -0.282. The molecule has 1 rings (SSSR count). The van der Waals surface area contributed by atoms with Crippen molar-refractivity contribution in [2.75, 3.05) is 7.05 Å². The first kappa shape index (κ1) is 14.2. The van der Waals surface area contributed by atoms with Gasteiger partial charge in [0.2, 0.25) is 0 Å². The molecule has 0 aliphatic heterocycles. The highest BCUT2D eigenvalue weighted by molar-refractivity contribution is 6.40. The topological polar surface area (TPSA) is 91.5 Å². The average molecular weight is 251 g/mol. The fourth-order valence-electron chi connectivity index (χ4n) is 2.24. The number of oxime groups is 1. The number of nitrogens with one attached hydrogen (secondary N) is 1. The van der Waals surface area contributed by atoms with Crippen molar-refractivity contribution in [3.63, 3.8) is 0 Å². The van der Waals surface area contributed by atoms with E-state index in [2.05, 4.69) is 21.4 Å². The lowest BCUT2D eigenvalue weighted by Crippen LogP contribution is -2.21. The highest BCUT2D eigenvalue weighted by Gasteiger charge is 2.60. The maximum absolute atomic E-state index is 11.5. The van der Waals surface area contributed by atoms with Crippen LogP contribution in [0.25, 0.3) is 0 Å². The van der Waals surface area contributed by atoms with Crippen molar-refractivity contribution in [3.05, 3.63) is 0 Å². The number of carbonyl (C=O) groups excluding carboxylic acids is 2. The van der Waals surface area contributed by atoms with Crippen LogP contribution in [0.1, 0.15) is 27.2 Å². The highest BCUT2D eigenvalue weighted by atomic mass is 16.7. The minimum atomic E-state index is -0.718. The van der Waals surface area contributed by atoms with Crippen molar-refractivity contribution in [1.82, 2.24) is 5.32 Å². The van der Waals surface area contributed by atoms with Crippen LogP contribution >= 0.6 is 0 Å². The van der Waals surface area contributed by atoms with E-state index in [1.165, 1.54) is 14.0 Å². The second kappa shape index (κ2) is 5.17. The van der Waals surface area contributed by atoms with Crippen LogP contribution in [0, 0.1) is 28.6 Å². The van der Waals surface area contributed by atoms with E-state index < -0.39 is 6.09 Å². The monoisotopic (exact) mass is 251 g/mol. The maximum Gasteiger partial charge on any atom is 0.433 e. The molecule has 1 amide bonds. The number of rotatable bonds is 4. The zero-order valence-corrected chi connectivity index (χ0v) is 11.0. The molecule has 0 aromatic rings. The summed E-state index contributed by atoms with van der Waals surface area (Å²) in [6.45, 7) is 5.32. The molecule has 0 saturated heterocycles. The smallest absolute Gasteiger partial charge is 0.323 e. The van der Waals surface area contributed by atoms with Gasteiger partial charge in [-0.3, -0.25) is 9.63 Å². The Morgan fingerprint density at radius 3 is 2.56 bits per heavy atom. The second-order valence-corrected chi connectivity index (χ2v) is 4.93. The summed E-state index contributed by atoms with van der Waals surface area (Å²) in [6.07, 6.45) is -0.353. The molecule has 0 aromatic carbocycles. The SMILES string of the molecule is CNC(=O)O/N=C(/C(C)=O)[C@H]1[C@H](CC#N)C1(C)C. The fraction of sp³-hybridized carbons (Fsp3) is 0.667. The largest absolute Gasteiger partial charge is 0.433 e. The Labute approximate surface area is 106 Å². The summed E-state index contributed by atoms with van der Waals surface area (Å²) in [5, 5.41) is 14.6. The molecule has 0 radical (unpaired) electrons. The second-order valence-electron chi connectivity index (χ2n) is 4.93. The van der Waals surface area contributed by atoms with E-state index in [1.807, 2.05) is 13.8 Å². The van der Waals surface area contributed by atoms with E-state index in [1.54, 1.807) is 0 Å². The summed E-state index contributed by atoms with van der Waals surface area (Å²) in [5.41, 5.74) is 0.0654. The molecule has 0 aromatic heterocycles. The zero-order chi connectivity index (χ0) is 13.9. The van der Waals surface area contributed by atoms with Crippen molar-refractivity contribution in [2.24, 2.45) is 22.4 Å². The lowest BCUT2D eigenvalue weighted by Gasteiger charge is -2.03. The third-order valence-corrected chi connectivity index (χ3v) is 3.45. The molecule has 0 unspecified atom stereocenters. The first-order valence-corrected chi connectivity index (χ1v) is 5.70. The van der Waals surface area contributed by atoms with Crippen LogP contribution in [-0.4, -0.2) is 24.6 Å². The number of ketones is 1. The number of nitrogens with zero attached hydrogens (tertiary/aromatic N) is 2. The molecule has 1 saturated carbocycles. The van der Waals surface area contributed by atoms with Crippen LogP contribution in [-0.2, 0) is 9.63 Å². The van der Waals surface area contributed by atoms with Crippen LogP contribution in [0.5, 0.6) is 0 Å². The molecule has 0 heterocycles. The van der Waals surface area contributed by atoms with Gasteiger partial charge in [0.15, 0.2) is 5.78 Å². The van der Waals surface area contributed by atoms with Gasteiger partial charge in [0.1, 0.15) is 5.71 Å². The minimum Gasteiger partial charge on any atom is -0.323 e. The predicted octanol–water partition coefficient (Wildman–Crippen LogP) is 1.47. The minimum absolute atomic E-state index is 0.0819. The Kier molecular flexibility index (Phi) is 4.07. The van der Waals surface area contributed by atoms with Gasteiger partial charge in [0.05, 0.1) is 6.07 Å². The van der Waals surface area contributed by atoms with Gasteiger partial charge in [0, 0.05) is 26.3 Å². The molecule has 1 N–H and O–H groups in total. The summed E-state index contributed by atoms with van der Waals surface area (Å²) in [7, 11) is 1.41. The van der Waals surface area contributed by atoms with Crippen molar-refractivity contribution >= 4 is 17.6 Å². The molecule has 1 aliphatic carbocycles. The van der Waals surface area contributed by atoms with Crippen LogP contribution in [0.2, 0.25) is 0 Å². The van der Waals surface area contributed by atoms with E-state index >= 15 is 0 Å². The van der Waals surface area contributed by atoms with Crippen LogP contribution in [0.15, 0.2) is 5.16 Å². The number of Topliss-reactive ketones (excluding diaryl/α,β-unsaturated/α-hetero) is 1. The first-order chi connectivity index (χ1) is 8.36. The number of hydrogen-bond acceptors (Lipinski definition) is 5.